The van der Waals surface area contributed by atoms with Crippen LogP contribution in [0, 0.1) is 0 Å². The lowest BCUT2D eigenvalue weighted by atomic mass is 9.95. The van der Waals surface area contributed by atoms with Crippen molar-refractivity contribution in [2.24, 2.45) is 0 Å². The van der Waals surface area contributed by atoms with E-state index in [1.807, 2.05) is 0 Å². The van der Waals surface area contributed by atoms with Crippen molar-refractivity contribution in [2.45, 2.75) is 18.4 Å². The van der Waals surface area contributed by atoms with Crippen molar-refractivity contribution in [2.75, 3.05) is 46.8 Å². The van der Waals surface area contributed by atoms with Gasteiger partial charge < -0.3 is 10.2 Å². The molecule has 2 fully saturated rings. The molecule has 2 saturated heterocycles. The molecular formula is C16H25N3. The van der Waals surface area contributed by atoms with Crippen molar-refractivity contribution in [1.29, 1.82) is 0 Å². The first-order chi connectivity index (χ1) is 9.24. The molecule has 104 valence electrons. The van der Waals surface area contributed by atoms with Crippen LogP contribution in [0.5, 0.6) is 0 Å². The quantitative estimate of drug-likeness (QED) is 0.872. The summed E-state index contributed by atoms with van der Waals surface area (Å²) >= 11 is 0. The molecule has 0 aliphatic carbocycles. The predicted octanol–water partition coefficient (Wildman–Crippen LogP) is 1.68. The molecular weight excluding hydrogens is 234 g/mol. The van der Waals surface area contributed by atoms with Crippen molar-refractivity contribution < 1.29 is 0 Å². The largest absolute Gasteiger partial charge is 0.314 e. The summed E-state index contributed by atoms with van der Waals surface area (Å²) in [5.41, 5.74) is 2.96. The van der Waals surface area contributed by atoms with Crippen LogP contribution in [0.25, 0.3) is 0 Å². The van der Waals surface area contributed by atoms with E-state index in [0.717, 1.165) is 25.6 Å². The lowest BCUT2D eigenvalue weighted by Gasteiger charge is -2.33. The highest BCUT2D eigenvalue weighted by molar-refractivity contribution is 5.28. The molecule has 2 heterocycles. The Morgan fingerprint density at radius 2 is 1.79 bits per heavy atom. The number of hydrogen-bond acceptors (Lipinski definition) is 3. The molecule has 3 nitrogen and oxygen atoms in total. The minimum Gasteiger partial charge on any atom is -0.314 e. The van der Waals surface area contributed by atoms with Crippen LogP contribution in [-0.4, -0.2) is 56.6 Å². The number of rotatable bonds is 2. The summed E-state index contributed by atoms with van der Waals surface area (Å²) in [6.45, 7) is 5.77. The molecule has 0 bridgehead atoms. The summed E-state index contributed by atoms with van der Waals surface area (Å²) in [6.07, 6.45) is 1.31. The second kappa shape index (κ2) is 5.61. The van der Waals surface area contributed by atoms with Gasteiger partial charge in [-0.05, 0) is 44.1 Å². The van der Waals surface area contributed by atoms with Crippen LogP contribution in [0.1, 0.15) is 29.5 Å². The topological polar surface area (TPSA) is 18.5 Å². The summed E-state index contributed by atoms with van der Waals surface area (Å²) in [5.74, 6) is 0.737. The van der Waals surface area contributed by atoms with E-state index in [1.165, 1.54) is 30.6 Å². The average molecular weight is 259 g/mol. The Labute approximate surface area is 116 Å². The average Bonchev–Trinajstić information content (AvgIpc) is 2.86. The van der Waals surface area contributed by atoms with Gasteiger partial charge in [-0.15, -0.1) is 0 Å². The zero-order valence-corrected chi connectivity index (χ0v) is 12.1. The minimum atomic E-state index is 0.536. The van der Waals surface area contributed by atoms with Gasteiger partial charge in [0, 0.05) is 32.2 Å². The van der Waals surface area contributed by atoms with Crippen molar-refractivity contribution in [3.63, 3.8) is 0 Å². The number of hydrogen-bond donors (Lipinski definition) is 1. The van der Waals surface area contributed by atoms with Crippen molar-refractivity contribution >= 4 is 0 Å². The fourth-order valence-electron chi connectivity index (χ4n) is 3.38. The third-order valence-electron chi connectivity index (χ3n) is 4.70. The number of nitrogens with zero attached hydrogens (tertiary/aromatic N) is 2. The van der Waals surface area contributed by atoms with Crippen molar-refractivity contribution in [3.8, 4) is 0 Å². The van der Waals surface area contributed by atoms with Gasteiger partial charge in [0.1, 0.15) is 0 Å². The monoisotopic (exact) mass is 259 g/mol. The van der Waals surface area contributed by atoms with E-state index in [9.17, 15) is 0 Å². The van der Waals surface area contributed by atoms with E-state index in [4.69, 9.17) is 0 Å². The van der Waals surface area contributed by atoms with Crippen LogP contribution in [0.4, 0.5) is 0 Å². The third kappa shape index (κ3) is 2.83. The Morgan fingerprint density at radius 1 is 1.05 bits per heavy atom. The molecule has 2 atom stereocenters. The SMILES string of the molecule is CN1CCC(c2ccc(C3CNCCN3C)cc2)C1. The predicted molar refractivity (Wildman–Crippen MR) is 79.5 cm³/mol. The number of likely N-dealkylation sites (N-methyl/N-ethyl adjacent to an activating group) is 2. The second-order valence-electron chi connectivity index (χ2n) is 6.12. The Kier molecular flexibility index (Phi) is 3.87. The van der Waals surface area contributed by atoms with E-state index in [0.29, 0.717) is 6.04 Å². The zero-order valence-electron chi connectivity index (χ0n) is 12.1. The van der Waals surface area contributed by atoms with Gasteiger partial charge in [-0.3, -0.25) is 4.90 Å². The van der Waals surface area contributed by atoms with Crippen LogP contribution in [0.15, 0.2) is 24.3 Å². The van der Waals surface area contributed by atoms with E-state index in [1.54, 1.807) is 0 Å². The molecule has 1 aromatic carbocycles. The summed E-state index contributed by atoms with van der Waals surface area (Å²) in [4.78, 5) is 4.88. The molecule has 2 unspecified atom stereocenters. The third-order valence-corrected chi connectivity index (χ3v) is 4.70. The highest BCUT2D eigenvalue weighted by atomic mass is 15.2. The van der Waals surface area contributed by atoms with Gasteiger partial charge in [-0.25, -0.2) is 0 Å². The molecule has 3 rings (SSSR count). The van der Waals surface area contributed by atoms with Gasteiger partial charge in [0.25, 0.3) is 0 Å². The normalized spacial score (nSPS) is 29.8. The van der Waals surface area contributed by atoms with E-state index in [-0.39, 0.29) is 0 Å². The van der Waals surface area contributed by atoms with E-state index in [2.05, 4.69) is 53.5 Å². The Morgan fingerprint density at radius 3 is 2.42 bits per heavy atom. The molecule has 0 aromatic heterocycles. The van der Waals surface area contributed by atoms with E-state index < -0.39 is 0 Å². The Hall–Kier alpha value is -0.900. The summed E-state index contributed by atoms with van der Waals surface area (Å²) < 4.78 is 0. The number of likely N-dealkylation sites (tertiary alicyclic amines) is 1. The van der Waals surface area contributed by atoms with Crippen LogP contribution in [0.3, 0.4) is 0 Å². The van der Waals surface area contributed by atoms with Gasteiger partial charge in [-0.2, -0.15) is 0 Å². The van der Waals surface area contributed by atoms with Crippen LogP contribution in [0.2, 0.25) is 0 Å². The molecule has 2 aliphatic heterocycles. The lowest BCUT2D eigenvalue weighted by molar-refractivity contribution is 0.202. The molecule has 19 heavy (non-hydrogen) atoms. The smallest absolute Gasteiger partial charge is 0.0470 e. The van der Waals surface area contributed by atoms with Crippen LogP contribution >= 0.6 is 0 Å². The first kappa shape index (κ1) is 13.1. The first-order valence-electron chi connectivity index (χ1n) is 7.43. The fraction of sp³-hybridized carbons (Fsp3) is 0.625. The maximum absolute atomic E-state index is 3.49. The van der Waals surface area contributed by atoms with Crippen LogP contribution < -0.4 is 5.32 Å². The highest BCUT2D eigenvalue weighted by Gasteiger charge is 2.23. The fourth-order valence-corrected chi connectivity index (χ4v) is 3.38. The van der Waals surface area contributed by atoms with Gasteiger partial charge in [0.15, 0.2) is 0 Å². The molecule has 0 amide bonds. The van der Waals surface area contributed by atoms with Gasteiger partial charge in [0.05, 0.1) is 0 Å². The zero-order chi connectivity index (χ0) is 13.2. The number of nitrogens with one attached hydrogen (secondary N) is 1. The first-order valence-corrected chi connectivity index (χ1v) is 7.43. The Balaban J connectivity index is 1.71. The number of piperazine rings is 1. The summed E-state index contributed by atoms with van der Waals surface area (Å²) in [6, 6.07) is 9.90. The van der Waals surface area contributed by atoms with Gasteiger partial charge in [-0.1, -0.05) is 24.3 Å². The molecule has 1 N–H and O–H groups in total. The lowest BCUT2D eigenvalue weighted by Crippen LogP contribution is -2.43. The highest BCUT2D eigenvalue weighted by Crippen LogP contribution is 2.28. The van der Waals surface area contributed by atoms with E-state index >= 15 is 0 Å². The molecule has 3 heteroatoms. The summed E-state index contributed by atoms with van der Waals surface area (Å²) in [5, 5.41) is 3.49. The van der Waals surface area contributed by atoms with Crippen molar-refractivity contribution in [1.82, 2.24) is 15.1 Å². The van der Waals surface area contributed by atoms with Crippen LogP contribution in [-0.2, 0) is 0 Å². The standard InChI is InChI=1S/C16H25N3/c1-18-9-7-15(12-18)13-3-5-14(6-4-13)16-11-17-8-10-19(16)2/h3-6,15-17H,7-12H2,1-2H3. The molecule has 0 spiro atoms. The number of benzene rings is 1. The molecule has 0 radical (unpaired) electrons. The Bertz CT molecular complexity index is 415. The summed E-state index contributed by atoms with van der Waals surface area (Å²) in [7, 11) is 4.45. The maximum Gasteiger partial charge on any atom is 0.0470 e. The van der Waals surface area contributed by atoms with Crippen molar-refractivity contribution in [3.05, 3.63) is 35.4 Å². The maximum atomic E-state index is 3.49. The molecule has 1 aromatic rings. The minimum absolute atomic E-state index is 0.536. The van der Waals surface area contributed by atoms with Gasteiger partial charge >= 0.3 is 0 Å². The second-order valence-corrected chi connectivity index (χ2v) is 6.12. The molecule has 2 aliphatic rings. The van der Waals surface area contributed by atoms with Gasteiger partial charge in [0.2, 0.25) is 0 Å². The molecule has 0 saturated carbocycles.